The standard InChI is InChI=1S/C21H26F2N4O4S2/c1-21(2)30-11-14(12-31-21)9-16-10-18(26-33(28,29)27-7-4-8-27)25-20(24-16)32-13-15-5-3-6-17(22)19(15)23/h3,5-6,10,14H,4,7-9,11-13H2,1-2H3,(H,24,25,26). The van der Waals surface area contributed by atoms with Gasteiger partial charge in [-0.2, -0.15) is 12.7 Å². The first-order chi connectivity index (χ1) is 15.6. The second kappa shape index (κ2) is 9.79. The summed E-state index contributed by atoms with van der Waals surface area (Å²) in [5.74, 6) is -2.23. The Hall–Kier alpha value is -1.86. The van der Waals surface area contributed by atoms with Crippen molar-refractivity contribution in [3.05, 3.63) is 47.2 Å². The lowest BCUT2D eigenvalue weighted by Crippen LogP contribution is -2.45. The van der Waals surface area contributed by atoms with Gasteiger partial charge in [0.1, 0.15) is 5.82 Å². The Bertz CT molecular complexity index is 1100. The second-order valence-corrected chi connectivity index (χ2v) is 11.1. The van der Waals surface area contributed by atoms with E-state index in [9.17, 15) is 17.2 Å². The Kier molecular flexibility index (Phi) is 7.20. The quantitative estimate of drug-likeness (QED) is 0.439. The minimum Gasteiger partial charge on any atom is -0.350 e. The fourth-order valence-corrected chi connectivity index (χ4v) is 5.45. The van der Waals surface area contributed by atoms with Crippen molar-refractivity contribution in [1.29, 1.82) is 0 Å². The molecule has 0 atom stereocenters. The molecule has 4 rings (SSSR count). The summed E-state index contributed by atoms with van der Waals surface area (Å²) in [5.41, 5.74) is 0.776. The summed E-state index contributed by atoms with van der Waals surface area (Å²) < 4.78 is 67.9. The van der Waals surface area contributed by atoms with Crippen LogP contribution in [0.4, 0.5) is 14.6 Å². The molecule has 8 nitrogen and oxygen atoms in total. The molecule has 2 aromatic rings. The molecule has 2 aliphatic heterocycles. The van der Waals surface area contributed by atoms with Crippen molar-refractivity contribution in [3.8, 4) is 0 Å². The molecule has 2 fully saturated rings. The van der Waals surface area contributed by atoms with Crippen LogP contribution < -0.4 is 4.72 Å². The van der Waals surface area contributed by atoms with Crippen molar-refractivity contribution < 1.29 is 26.7 Å². The molecule has 0 amide bonds. The van der Waals surface area contributed by atoms with Crippen molar-refractivity contribution in [2.45, 2.75) is 43.4 Å². The van der Waals surface area contributed by atoms with Crippen molar-refractivity contribution in [2.24, 2.45) is 5.92 Å². The van der Waals surface area contributed by atoms with Crippen LogP contribution in [-0.2, 0) is 31.9 Å². The second-order valence-electron chi connectivity index (χ2n) is 8.48. The topological polar surface area (TPSA) is 93.7 Å². The number of rotatable bonds is 8. The molecular formula is C21H26F2N4O4S2. The summed E-state index contributed by atoms with van der Waals surface area (Å²) in [6.45, 7) is 5.56. The van der Waals surface area contributed by atoms with Gasteiger partial charge in [0.15, 0.2) is 22.6 Å². The van der Waals surface area contributed by atoms with E-state index < -0.39 is 27.6 Å². The fourth-order valence-electron chi connectivity index (χ4n) is 3.36. The Morgan fingerprint density at radius 2 is 1.94 bits per heavy atom. The Labute approximate surface area is 196 Å². The minimum absolute atomic E-state index is 0.0336. The summed E-state index contributed by atoms with van der Waals surface area (Å²) in [6, 6.07) is 5.56. The van der Waals surface area contributed by atoms with Crippen molar-refractivity contribution in [1.82, 2.24) is 14.3 Å². The normalized spacial score (nSPS) is 19.3. The largest absolute Gasteiger partial charge is 0.350 e. The maximum Gasteiger partial charge on any atom is 0.302 e. The molecule has 12 heteroatoms. The third-order valence-electron chi connectivity index (χ3n) is 5.37. The smallest absolute Gasteiger partial charge is 0.302 e. The van der Waals surface area contributed by atoms with Crippen molar-refractivity contribution in [3.63, 3.8) is 0 Å². The maximum absolute atomic E-state index is 14.0. The highest BCUT2D eigenvalue weighted by atomic mass is 32.2. The molecule has 1 aromatic carbocycles. The Morgan fingerprint density at radius 1 is 1.21 bits per heavy atom. The van der Waals surface area contributed by atoms with Crippen LogP contribution in [-0.4, -0.2) is 54.8 Å². The zero-order chi connectivity index (χ0) is 23.6. The lowest BCUT2D eigenvalue weighted by atomic mass is 10.0. The highest BCUT2D eigenvalue weighted by Gasteiger charge is 2.30. The number of halogens is 2. The van der Waals surface area contributed by atoms with Gasteiger partial charge in [-0.15, -0.1) is 0 Å². The molecule has 0 unspecified atom stereocenters. The zero-order valence-electron chi connectivity index (χ0n) is 18.4. The molecule has 180 valence electrons. The van der Waals surface area contributed by atoms with E-state index in [2.05, 4.69) is 14.7 Å². The van der Waals surface area contributed by atoms with E-state index in [1.807, 2.05) is 13.8 Å². The van der Waals surface area contributed by atoms with Crippen LogP contribution in [0, 0.1) is 17.6 Å². The van der Waals surface area contributed by atoms with Crippen LogP contribution in [0.2, 0.25) is 0 Å². The monoisotopic (exact) mass is 500 g/mol. The minimum atomic E-state index is -3.71. The van der Waals surface area contributed by atoms with E-state index in [0.29, 0.717) is 38.4 Å². The van der Waals surface area contributed by atoms with Crippen LogP contribution in [0.3, 0.4) is 0 Å². The van der Waals surface area contributed by atoms with Gasteiger partial charge >= 0.3 is 10.2 Å². The number of hydrogen-bond donors (Lipinski definition) is 1. The Balaban J connectivity index is 1.53. The summed E-state index contributed by atoms with van der Waals surface area (Å²) >= 11 is 1.10. The highest BCUT2D eigenvalue weighted by molar-refractivity contribution is 7.98. The van der Waals surface area contributed by atoms with Gasteiger partial charge in [0.05, 0.1) is 13.2 Å². The number of hydrogen-bond acceptors (Lipinski definition) is 7. The number of nitrogens with zero attached hydrogens (tertiary/aromatic N) is 3. The molecule has 0 radical (unpaired) electrons. The molecule has 3 heterocycles. The molecule has 1 aromatic heterocycles. The van der Waals surface area contributed by atoms with Crippen molar-refractivity contribution in [2.75, 3.05) is 31.0 Å². The van der Waals surface area contributed by atoms with Gasteiger partial charge in [-0.25, -0.2) is 18.7 Å². The summed E-state index contributed by atoms with van der Waals surface area (Å²) in [6.07, 6.45) is 1.30. The number of ether oxygens (including phenoxy) is 2. The van der Waals surface area contributed by atoms with Gasteiger partial charge in [0, 0.05) is 42.1 Å². The van der Waals surface area contributed by atoms with E-state index >= 15 is 0 Å². The number of benzene rings is 1. The van der Waals surface area contributed by atoms with Gasteiger partial charge in [-0.3, -0.25) is 4.72 Å². The lowest BCUT2D eigenvalue weighted by Gasteiger charge is -2.34. The van der Waals surface area contributed by atoms with Crippen LogP contribution in [0.25, 0.3) is 0 Å². The van der Waals surface area contributed by atoms with E-state index in [1.165, 1.54) is 16.4 Å². The molecule has 0 aliphatic carbocycles. The van der Waals surface area contributed by atoms with Gasteiger partial charge in [-0.1, -0.05) is 23.9 Å². The third kappa shape index (κ3) is 6.18. The molecule has 0 spiro atoms. The van der Waals surface area contributed by atoms with Crippen molar-refractivity contribution >= 4 is 27.8 Å². The number of anilines is 1. The lowest BCUT2D eigenvalue weighted by molar-refractivity contribution is -0.261. The maximum atomic E-state index is 14.0. The molecule has 2 saturated heterocycles. The van der Waals surface area contributed by atoms with E-state index in [-0.39, 0.29) is 28.2 Å². The fraction of sp³-hybridized carbons (Fsp3) is 0.524. The summed E-state index contributed by atoms with van der Waals surface area (Å²) in [5, 5.41) is 0.260. The number of nitrogens with one attached hydrogen (secondary N) is 1. The molecular weight excluding hydrogens is 474 g/mol. The molecule has 2 aliphatic rings. The predicted octanol–water partition coefficient (Wildman–Crippen LogP) is 3.35. The van der Waals surface area contributed by atoms with Crippen LogP contribution in [0.15, 0.2) is 29.4 Å². The number of aromatic nitrogens is 2. The van der Waals surface area contributed by atoms with Crippen LogP contribution in [0.1, 0.15) is 31.5 Å². The average molecular weight is 501 g/mol. The van der Waals surface area contributed by atoms with E-state index in [1.54, 1.807) is 6.07 Å². The van der Waals surface area contributed by atoms with Crippen LogP contribution in [0.5, 0.6) is 0 Å². The molecule has 0 saturated carbocycles. The SMILES string of the molecule is CC1(C)OCC(Cc2cc(NS(=O)(=O)N3CCC3)nc(SCc3cccc(F)c3F)n2)CO1. The summed E-state index contributed by atoms with van der Waals surface area (Å²) in [4.78, 5) is 8.82. The first-order valence-electron chi connectivity index (χ1n) is 10.6. The first kappa shape index (κ1) is 24.3. The van der Waals surface area contributed by atoms with Gasteiger partial charge in [0.25, 0.3) is 0 Å². The molecule has 0 bridgehead atoms. The molecule has 1 N–H and O–H groups in total. The number of thioether (sulfide) groups is 1. The Morgan fingerprint density at radius 3 is 2.61 bits per heavy atom. The first-order valence-corrected chi connectivity index (χ1v) is 13.0. The molecule has 33 heavy (non-hydrogen) atoms. The average Bonchev–Trinajstić information content (AvgIpc) is 2.68. The summed E-state index contributed by atoms with van der Waals surface area (Å²) in [7, 11) is -3.71. The van der Waals surface area contributed by atoms with Gasteiger partial charge in [-0.05, 0) is 32.8 Å². The highest BCUT2D eigenvalue weighted by Crippen LogP contribution is 2.27. The predicted molar refractivity (Wildman–Crippen MR) is 120 cm³/mol. The van der Waals surface area contributed by atoms with Gasteiger partial charge in [0.2, 0.25) is 0 Å². The van der Waals surface area contributed by atoms with E-state index in [0.717, 1.165) is 24.2 Å². The van der Waals surface area contributed by atoms with E-state index in [4.69, 9.17) is 9.47 Å². The third-order valence-corrected chi connectivity index (χ3v) is 7.77. The van der Waals surface area contributed by atoms with Gasteiger partial charge < -0.3 is 9.47 Å². The van der Waals surface area contributed by atoms with Crippen LogP contribution >= 0.6 is 11.8 Å². The zero-order valence-corrected chi connectivity index (χ0v) is 20.0.